The summed E-state index contributed by atoms with van der Waals surface area (Å²) in [5.74, 6) is 0.644. The zero-order valence-corrected chi connectivity index (χ0v) is 13.2. The minimum atomic E-state index is -0.558. The lowest BCUT2D eigenvalue weighted by atomic mass is 10.0. The SMILES string of the molecule is C=C(CCN)c1ccc(OC)cc1NC(=O)OC(C)(C)C. The lowest BCUT2D eigenvalue weighted by Gasteiger charge is -2.21. The van der Waals surface area contributed by atoms with Crippen LogP contribution in [0.4, 0.5) is 10.5 Å². The van der Waals surface area contributed by atoms with Crippen molar-refractivity contribution in [2.45, 2.75) is 32.8 Å². The van der Waals surface area contributed by atoms with Gasteiger partial charge in [0.25, 0.3) is 0 Å². The number of benzene rings is 1. The molecule has 1 amide bonds. The highest BCUT2D eigenvalue weighted by molar-refractivity contribution is 5.90. The van der Waals surface area contributed by atoms with Gasteiger partial charge in [0.05, 0.1) is 12.8 Å². The molecule has 0 saturated heterocycles. The highest BCUT2D eigenvalue weighted by Crippen LogP contribution is 2.29. The van der Waals surface area contributed by atoms with Crippen LogP contribution in [0.5, 0.6) is 5.75 Å². The van der Waals surface area contributed by atoms with Crippen LogP contribution in [0, 0.1) is 0 Å². The number of methoxy groups -OCH3 is 1. The third-order valence-corrected chi connectivity index (χ3v) is 2.69. The fourth-order valence-electron chi connectivity index (χ4n) is 1.78. The fraction of sp³-hybridized carbons (Fsp3) is 0.438. The summed E-state index contributed by atoms with van der Waals surface area (Å²) in [5.41, 5.74) is 7.28. The quantitative estimate of drug-likeness (QED) is 0.872. The van der Waals surface area contributed by atoms with Gasteiger partial charge in [-0.3, -0.25) is 5.32 Å². The molecule has 1 rings (SSSR count). The van der Waals surface area contributed by atoms with Crippen LogP contribution < -0.4 is 15.8 Å². The van der Waals surface area contributed by atoms with Crippen LogP contribution >= 0.6 is 0 Å². The first-order chi connectivity index (χ1) is 9.76. The Bertz CT molecular complexity index is 519. The van der Waals surface area contributed by atoms with Gasteiger partial charge in [0.1, 0.15) is 11.4 Å². The molecule has 0 spiro atoms. The van der Waals surface area contributed by atoms with Crippen LogP contribution in [0.2, 0.25) is 0 Å². The van der Waals surface area contributed by atoms with Crippen molar-refractivity contribution in [3.05, 3.63) is 30.3 Å². The van der Waals surface area contributed by atoms with E-state index in [1.54, 1.807) is 13.2 Å². The monoisotopic (exact) mass is 292 g/mol. The molecule has 0 aromatic heterocycles. The van der Waals surface area contributed by atoms with Gasteiger partial charge in [-0.15, -0.1) is 0 Å². The molecule has 1 aromatic rings. The Morgan fingerprint density at radius 3 is 2.57 bits per heavy atom. The van der Waals surface area contributed by atoms with E-state index in [-0.39, 0.29) is 0 Å². The maximum atomic E-state index is 11.9. The van der Waals surface area contributed by atoms with Gasteiger partial charge in [0.2, 0.25) is 0 Å². The molecule has 0 aliphatic rings. The smallest absolute Gasteiger partial charge is 0.412 e. The Hall–Kier alpha value is -2.01. The number of ether oxygens (including phenoxy) is 2. The largest absolute Gasteiger partial charge is 0.497 e. The van der Waals surface area contributed by atoms with Crippen LogP contribution in [0.3, 0.4) is 0 Å². The molecule has 5 heteroatoms. The summed E-state index contributed by atoms with van der Waals surface area (Å²) in [4.78, 5) is 11.9. The van der Waals surface area contributed by atoms with Crippen molar-refractivity contribution in [3.63, 3.8) is 0 Å². The van der Waals surface area contributed by atoms with Crippen LogP contribution in [0.25, 0.3) is 5.57 Å². The van der Waals surface area contributed by atoms with Crippen LogP contribution in [-0.2, 0) is 4.74 Å². The second-order valence-electron chi connectivity index (χ2n) is 5.68. The predicted molar refractivity (Wildman–Crippen MR) is 85.6 cm³/mol. The van der Waals surface area contributed by atoms with Gasteiger partial charge < -0.3 is 15.2 Å². The van der Waals surface area contributed by atoms with Crippen molar-refractivity contribution in [3.8, 4) is 5.75 Å². The summed E-state index contributed by atoms with van der Waals surface area (Å²) >= 11 is 0. The third kappa shape index (κ3) is 5.47. The summed E-state index contributed by atoms with van der Waals surface area (Å²) < 4.78 is 10.5. The molecule has 3 N–H and O–H groups in total. The third-order valence-electron chi connectivity index (χ3n) is 2.69. The van der Waals surface area contributed by atoms with Crippen molar-refractivity contribution in [1.29, 1.82) is 0 Å². The number of nitrogens with two attached hydrogens (primary N) is 1. The van der Waals surface area contributed by atoms with E-state index in [1.165, 1.54) is 0 Å². The van der Waals surface area contributed by atoms with Gasteiger partial charge in [-0.05, 0) is 51.4 Å². The number of hydrogen-bond donors (Lipinski definition) is 2. The average molecular weight is 292 g/mol. The molecule has 1 aromatic carbocycles. The molecule has 0 aliphatic heterocycles. The van der Waals surface area contributed by atoms with Crippen molar-refractivity contribution in [2.24, 2.45) is 5.73 Å². The van der Waals surface area contributed by atoms with Crippen LogP contribution in [0.15, 0.2) is 24.8 Å². The molecule has 0 fully saturated rings. The minimum absolute atomic E-state index is 0.497. The number of nitrogens with one attached hydrogen (secondary N) is 1. The van der Waals surface area contributed by atoms with E-state index >= 15 is 0 Å². The molecule has 0 aliphatic carbocycles. The number of carbonyl (C=O) groups excluding carboxylic acids is 1. The second kappa shape index (κ2) is 7.13. The summed E-state index contributed by atoms with van der Waals surface area (Å²) in [6.07, 6.45) is 0.132. The molecule has 0 heterocycles. The summed E-state index contributed by atoms with van der Waals surface area (Å²) in [6.45, 7) is 9.93. The lowest BCUT2D eigenvalue weighted by molar-refractivity contribution is 0.0636. The van der Waals surface area contributed by atoms with Gasteiger partial charge in [0.15, 0.2) is 0 Å². The number of carbonyl (C=O) groups is 1. The van der Waals surface area contributed by atoms with Crippen LogP contribution in [-0.4, -0.2) is 25.3 Å². The second-order valence-corrected chi connectivity index (χ2v) is 5.68. The maximum absolute atomic E-state index is 11.9. The molecule has 0 saturated carbocycles. The molecule has 0 unspecified atom stereocenters. The van der Waals surface area contributed by atoms with E-state index in [4.69, 9.17) is 15.2 Å². The highest BCUT2D eigenvalue weighted by atomic mass is 16.6. The summed E-state index contributed by atoms with van der Waals surface area (Å²) in [5, 5.41) is 2.74. The van der Waals surface area contributed by atoms with Gasteiger partial charge in [-0.2, -0.15) is 0 Å². The molecular formula is C16H24N2O3. The predicted octanol–water partition coefficient (Wildman–Crippen LogP) is 3.40. The topological polar surface area (TPSA) is 73.6 Å². The Kier molecular flexibility index (Phi) is 5.79. The van der Waals surface area contributed by atoms with E-state index in [0.717, 1.165) is 11.1 Å². The Morgan fingerprint density at radius 2 is 2.05 bits per heavy atom. The number of anilines is 1. The number of amides is 1. The molecule has 5 nitrogen and oxygen atoms in total. The number of hydrogen-bond acceptors (Lipinski definition) is 4. The maximum Gasteiger partial charge on any atom is 0.412 e. The van der Waals surface area contributed by atoms with Crippen LogP contribution in [0.1, 0.15) is 32.8 Å². The first-order valence-electron chi connectivity index (χ1n) is 6.83. The van der Waals surface area contributed by atoms with E-state index < -0.39 is 11.7 Å². The zero-order valence-electron chi connectivity index (χ0n) is 13.2. The van der Waals surface area contributed by atoms with Crippen molar-refractivity contribution in [2.75, 3.05) is 19.0 Å². The van der Waals surface area contributed by atoms with Gasteiger partial charge >= 0.3 is 6.09 Å². The van der Waals surface area contributed by atoms with E-state index in [2.05, 4.69) is 11.9 Å². The minimum Gasteiger partial charge on any atom is -0.497 e. The van der Waals surface area contributed by atoms with Gasteiger partial charge in [0, 0.05) is 11.6 Å². The molecule has 21 heavy (non-hydrogen) atoms. The first kappa shape index (κ1) is 17.0. The normalized spacial score (nSPS) is 10.9. The van der Waals surface area contributed by atoms with E-state index in [1.807, 2.05) is 32.9 Å². The highest BCUT2D eigenvalue weighted by Gasteiger charge is 2.18. The lowest BCUT2D eigenvalue weighted by Crippen LogP contribution is -2.27. The summed E-state index contributed by atoms with van der Waals surface area (Å²) in [7, 11) is 1.57. The standard InChI is InChI=1S/C16H24N2O3/c1-11(8-9-17)13-7-6-12(20-5)10-14(13)18-15(19)21-16(2,3)4/h6-7,10H,1,8-9,17H2,2-5H3,(H,18,19). The fourth-order valence-corrected chi connectivity index (χ4v) is 1.78. The molecule has 0 atom stereocenters. The van der Waals surface area contributed by atoms with Crippen molar-refractivity contribution < 1.29 is 14.3 Å². The Morgan fingerprint density at radius 1 is 1.38 bits per heavy atom. The van der Waals surface area contributed by atoms with E-state index in [0.29, 0.717) is 24.4 Å². The Labute approximate surface area is 126 Å². The zero-order chi connectivity index (χ0) is 16.0. The molecule has 0 bridgehead atoms. The van der Waals surface area contributed by atoms with Gasteiger partial charge in [-0.25, -0.2) is 4.79 Å². The van der Waals surface area contributed by atoms with Crippen molar-refractivity contribution in [1.82, 2.24) is 0 Å². The van der Waals surface area contributed by atoms with Gasteiger partial charge in [-0.1, -0.05) is 6.58 Å². The molecule has 116 valence electrons. The first-order valence-corrected chi connectivity index (χ1v) is 6.83. The van der Waals surface area contributed by atoms with Crippen molar-refractivity contribution >= 4 is 17.4 Å². The summed E-state index contributed by atoms with van der Waals surface area (Å²) in [6, 6.07) is 5.40. The molecule has 0 radical (unpaired) electrons. The van der Waals surface area contributed by atoms with E-state index in [9.17, 15) is 4.79 Å². The molecular weight excluding hydrogens is 268 g/mol. The Balaban J connectivity index is 3.01. The average Bonchev–Trinajstić information content (AvgIpc) is 2.36. The number of rotatable bonds is 5.